The van der Waals surface area contributed by atoms with Gasteiger partial charge in [0.15, 0.2) is 0 Å². The van der Waals surface area contributed by atoms with Crippen LogP contribution in [0.2, 0.25) is 0 Å². The van der Waals surface area contributed by atoms with Crippen molar-refractivity contribution in [1.82, 2.24) is 0 Å². The van der Waals surface area contributed by atoms with Crippen LogP contribution in [0, 0.1) is 0 Å². The first-order valence-corrected chi connectivity index (χ1v) is 1.49. The molecule has 0 amide bonds. The maximum atomic E-state index is 5.11. The minimum absolute atomic E-state index is 0. The molecule has 0 heterocycles. The van der Waals surface area contributed by atoms with E-state index >= 15 is 0 Å². The highest BCUT2D eigenvalue weighted by Gasteiger charge is 1.67. The Morgan fingerprint density at radius 1 is 1.40 bits per heavy atom. The number of nitrogens with two attached hydrogens (primary N) is 1. The van der Waals surface area contributed by atoms with Crippen LogP contribution in [-0.2, 0) is 0 Å². The fourth-order valence-electron chi connectivity index (χ4n) is 0. The van der Waals surface area contributed by atoms with Gasteiger partial charge in [0.05, 0.1) is 0 Å². The molecule has 5 heavy (non-hydrogen) atoms. The van der Waals surface area contributed by atoms with Gasteiger partial charge in [0.1, 0.15) is 0 Å². The minimum atomic E-state index is 0. The molecule has 28 valence electrons. The molecule has 1 nitrogen and oxygen atoms in total. The topological polar surface area (TPSA) is 26.0 Å². The second kappa shape index (κ2) is 4.73. The van der Waals surface area contributed by atoms with Crippen molar-refractivity contribution in [2.75, 3.05) is 0 Å². The van der Waals surface area contributed by atoms with Crippen LogP contribution in [0.15, 0.2) is 0 Å². The highest BCUT2D eigenvalue weighted by Crippen LogP contribution is 1.58. The van der Waals surface area contributed by atoms with E-state index in [1.807, 2.05) is 13.8 Å². The summed E-state index contributed by atoms with van der Waals surface area (Å²) in [6.45, 7) is 3.89. The quantitative estimate of drug-likeness (QED) is 0.409. The molecular formula is C3H9MgN. The van der Waals surface area contributed by atoms with Crippen molar-refractivity contribution in [3.05, 3.63) is 0 Å². The highest BCUT2D eigenvalue weighted by molar-refractivity contribution is 5.75. The van der Waals surface area contributed by atoms with E-state index in [1.54, 1.807) is 0 Å². The molecule has 0 saturated carbocycles. The summed E-state index contributed by atoms with van der Waals surface area (Å²) in [5, 5.41) is 0. The van der Waals surface area contributed by atoms with Gasteiger partial charge in [-0.1, -0.05) is 13.8 Å². The van der Waals surface area contributed by atoms with Crippen molar-refractivity contribution >= 4 is 23.1 Å². The third kappa shape index (κ3) is 66.6. The molecule has 0 aliphatic carbocycles. The maximum Gasteiger partial charge on any atom is 0 e. The van der Waals surface area contributed by atoms with Crippen LogP contribution >= 0.6 is 0 Å². The fourth-order valence-corrected chi connectivity index (χ4v) is 0. The van der Waals surface area contributed by atoms with Crippen LogP contribution in [0.1, 0.15) is 13.8 Å². The van der Waals surface area contributed by atoms with Gasteiger partial charge in [-0.05, 0) is 6.04 Å². The van der Waals surface area contributed by atoms with Gasteiger partial charge >= 0.3 is 0 Å². The first-order chi connectivity index (χ1) is 1.73. The van der Waals surface area contributed by atoms with E-state index in [0.29, 0.717) is 6.04 Å². The van der Waals surface area contributed by atoms with Crippen molar-refractivity contribution in [3.63, 3.8) is 0 Å². The standard InChI is InChI=1S/C3H9N.Mg/c1-3(2)4;/h3H,4H2,1-2H3;. The molecule has 2 N–H and O–H groups in total. The fraction of sp³-hybridized carbons (Fsp3) is 1.00. The summed E-state index contributed by atoms with van der Waals surface area (Å²) in [5.74, 6) is 0. The normalized spacial score (nSPS) is 7.20. The Morgan fingerprint density at radius 3 is 1.40 bits per heavy atom. The molecule has 0 aromatic carbocycles. The Kier molecular flexibility index (Phi) is 8.71. The zero-order chi connectivity index (χ0) is 3.58. The van der Waals surface area contributed by atoms with Gasteiger partial charge < -0.3 is 5.73 Å². The lowest BCUT2D eigenvalue weighted by Gasteiger charge is -1.81. The summed E-state index contributed by atoms with van der Waals surface area (Å²) in [6.07, 6.45) is 0. The van der Waals surface area contributed by atoms with E-state index in [0.717, 1.165) is 0 Å². The second-order valence-corrected chi connectivity index (χ2v) is 1.24. The van der Waals surface area contributed by atoms with E-state index in [-0.39, 0.29) is 23.1 Å². The second-order valence-electron chi connectivity index (χ2n) is 1.24. The Hall–Kier alpha value is 0.726. The van der Waals surface area contributed by atoms with Gasteiger partial charge in [-0.15, -0.1) is 0 Å². The van der Waals surface area contributed by atoms with Crippen molar-refractivity contribution < 1.29 is 0 Å². The predicted molar refractivity (Wildman–Crippen MR) is 25.1 cm³/mol. The van der Waals surface area contributed by atoms with Gasteiger partial charge in [-0.2, -0.15) is 0 Å². The summed E-state index contributed by atoms with van der Waals surface area (Å²) in [4.78, 5) is 0. The summed E-state index contributed by atoms with van der Waals surface area (Å²) < 4.78 is 0. The lowest BCUT2D eigenvalue weighted by atomic mass is 10.5. The summed E-state index contributed by atoms with van der Waals surface area (Å²) in [5.41, 5.74) is 5.11. The minimum Gasteiger partial charge on any atom is -0.328 e. The van der Waals surface area contributed by atoms with E-state index in [1.165, 1.54) is 0 Å². The molecule has 0 atom stereocenters. The Balaban J connectivity index is 0. The van der Waals surface area contributed by atoms with Crippen molar-refractivity contribution in [2.24, 2.45) is 5.73 Å². The van der Waals surface area contributed by atoms with Crippen LogP contribution in [0.5, 0.6) is 0 Å². The monoisotopic (exact) mass is 83.1 g/mol. The lowest BCUT2D eigenvalue weighted by molar-refractivity contribution is 0.834. The van der Waals surface area contributed by atoms with Crippen LogP contribution in [0.25, 0.3) is 0 Å². The smallest absolute Gasteiger partial charge is 0 e. The Labute approximate surface area is 49.1 Å². The summed E-state index contributed by atoms with van der Waals surface area (Å²) >= 11 is 0. The number of rotatable bonds is 0. The molecule has 0 aromatic rings. The molecule has 0 rings (SSSR count). The average molecular weight is 83.4 g/mol. The zero-order valence-corrected chi connectivity index (χ0v) is 5.28. The maximum absolute atomic E-state index is 5.11. The SMILES string of the molecule is CC(C)N.[Mg]. The molecule has 0 spiro atoms. The number of hydrogen-bond donors (Lipinski definition) is 1. The van der Waals surface area contributed by atoms with E-state index in [4.69, 9.17) is 5.73 Å². The van der Waals surface area contributed by atoms with Gasteiger partial charge in [0, 0.05) is 23.1 Å². The third-order valence-electron chi connectivity index (χ3n) is 0. The van der Waals surface area contributed by atoms with Crippen molar-refractivity contribution in [1.29, 1.82) is 0 Å². The molecule has 0 fully saturated rings. The largest absolute Gasteiger partial charge is 0.328 e. The summed E-state index contributed by atoms with van der Waals surface area (Å²) in [6, 6.07) is 0.333. The Bertz CT molecular complexity index is 11.6. The summed E-state index contributed by atoms with van der Waals surface area (Å²) in [7, 11) is 0. The molecule has 0 unspecified atom stereocenters. The van der Waals surface area contributed by atoms with Gasteiger partial charge in [-0.3, -0.25) is 0 Å². The molecule has 0 aliphatic rings. The third-order valence-corrected chi connectivity index (χ3v) is 0. The van der Waals surface area contributed by atoms with Gasteiger partial charge in [-0.25, -0.2) is 0 Å². The molecule has 2 heteroatoms. The highest BCUT2D eigenvalue weighted by atomic mass is 24.3. The van der Waals surface area contributed by atoms with E-state index in [2.05, 4.69) is 0 Å². The van der Waals surface area contributed by atoms with Crippen LogP contribution in [0.4, 0.5) is 0 Å². The van der Waals surface area contributed by atoms with E-state index in [9.17, 15) is 0 Å². The Morgan fingerprint density at radius 2 is 1.40 bits per heavy atom. The molecular weight excluding hydrogens is 74.3 g/mol. The lowest BCUT2D eigenvalue weighted by Crippen LogP contribution is -2.06. The van der Waals surface area contributed by atoms with E-state index < -0.39 is 0 Å². The molecule has 0 aromatic heterocycles. The first kappa shape index (κ1) is 9.21. The van der Waals surface area contributed by atoms with Crippen LogP contribution in [-0.4, -0.2) is 29.1 Å². The van der Waals surface area contributed by atoms with Crippen LogP contribution in [0.3, 0.4) is 0 Å². The van der Waals surface area contributed by atoms with Crippen molar-refractivity contribution in [2.45, 2.75) is 19.9 Å². The van der Waals surface area contributed by atoms with Gasteiger partial charge in [0.25, 0.3) is 0 Å². The first-order valence-electron chi connectivity index (χ1n) is 1.49. The van der Waals surface area contributed by atoms with Gasteiger partial charge in [0.2, 0.25) is 0 Å². The average Bonchev–Trinajstić information content (AvgIpc) is 0.811. The molecule has 0 aliphatic heterocycles. The van der Waals surface area contributed by atoms with Crippen molar-refractivity contribution in [3.8, 4) is 0 Å². The molecule has 0 bridgehead atoms. The van der Waals surface area contributed by atoms with Crippen LogP contribution < -0.4 is 5.73 Å². The molecule has 0 saturated heterocycles. The zero-order valence-electron chi connectivity index (χ0n) is 3.86. The number of hydrogen-bond acceptors (Lipinski definition) is 1. The predicted octanol–water partition coefficient (Wildman–Crippen LogP) is -0.0273. The molecule has 2 radical (unpaired) electrons.